The van der Waals surface area contributed by atoms with Crippen molar-refractivity contribution < 1.29 is 0 Å². The fraction of sp³-hybridized carbons (Fsp3) is 0.0769. The number of pyridine rings is 2. The predicted molar refractivity (Wildman–Crippen MR) is 67.9 cm³/mol. The van der Waals surface area contributed by atoms with E-state index in [4.69, 9.17) is 5.73 Å². The zero-order chi connectivity index (χ0) is 11.5. The molecule has 0 saturated carbocycles. The van der Waals surface area contributed by atoms with Crippen molar-refractivity contribution >= 4 is 22.8 Å². The second-order valence-corrected chi connectivity index (χ2v) is 3.49. The quantitative estimate of drug-likeness (QED) is 0.777. The molecule has 0 fully saturated rings. The van der Waals surface area contributed by atoms with E-state index in [1.807, 2.05) is 31.2 Å². The van der Waals surface area contributed by atoms with Gasteiger partial charge in [-0.2, -0.15) is 0 Å². The fourth-order valence-electron chi connectivity index (χ4n) is 1.69. The molecule has 2 N–H and O–H groups in total. The molecule has 0 amide bonds. The van der Waals surface area contributed by atoms with Gasteiger partial charge in [-0.3, -0.25) is 4.98 Å². The Kier molecular flexibility index (Phi) is 2.68. The number of nitrogens with two attached hydrogens (primary N) is 1. The van der Waals surface area contributed by atoms with Crippen LogP contribution in [-0.4, -0.2) is 9.97 Å². The third-order valence-corrected chi connectivity index (χ3v) is 2.42. The summed E-state index contributed by atoms with van der Waals surface area (Å²) in [7, 11) is 0. The van der Waals surface area contributed by atoms with Crippen LogP contribution in [0.1, 0.15) is 11.3 Å². The minimum atomic E-state index is 0.476. The van der Waals surface area contributed by atoms with Gasteiger partial charge >= 0.3 is 0 Å². The van der Waals surface area contributed by atoms with Gasteiger partial charge in [-0.25, -0.2) is 4.98 Å². The summed E-state index contributed by atoms with van der Waals surface area (Å²) in [6.45, 7) is 5.59. The van der Waals surface area contributed by atoms with Crippen LogP contribution in [0.5, 0.6) is 0 Å². The molecule has 2 rings (SSSR count). The molecule has 2 aromatic rings. The van der Waals surface area contributed by atoms with Crippen LogP contribution >= 0.6 is 0 Å². The summed E-state index contributed by atoms with van der Waals surface area (Å²) in [4.78, 5) is 8.53. The Morgan fingerprint density at radius 1 is 1.44 bits per heavy atom. The minimum absolute atomic E-state index is 0.476. The Morgan fingerprint density at radius 2 is 2.25 bits per heavy atom. The van der Waals surface area contributed by atoms with E-state index in [0.29, 0.717) is 5.82 Å². The highest BCUT2D eigenvalue weighted by molar-refractivity contribution is 5.94. The second kappa shape index (κ2) is 4.14. The minimum Gasteiger partial charge on any atom is -0.382 e. The number of aromatic nitrogens is 2. The first kappa shape index (κ1) is 10.4. The highest BCUT2D eigenvalue weighted by Crippen LogP contribution is 2.24. The SMILES string of the molecule is C=CC=Cc1c(C)nc(N)c2ncccc12. The number of allylic oxidation sites excluding steroid dienone is 2. The van der Waals surface area contributed by atoms with Gasteiger partial charge in [0.25, 0.3) is 0 Å². The average Bonchev–Trinajstić information content (AvgIpc) is 2.29. The predicted octanol–water partition coefficient (Wildman–Crippen LogP) is 2.72. The highest BCUT2D eigenvalue weighted by Gasteiger charge is 2.07. The Balaban J connectivity index is 2.81. The molecule has 0 saturated heterocycles. The smallest absolute Gasteiger partial charge is 0.150 e. The largest absolute Gasteiger partial charge is 0.382 e. The van der Waals surface area contributed by atoms with Crippen molar-refractivity contribution in [2.24, 2.45) is 0 Å². The van der Waals surface area contributed by atoms with Crippen LogP contribution in [0.15, 0.2) is 37.1 Å². The van der Waals surface area contributed by atoms with Gasteiger partial charge in [-0.1, -0.05) is 30.9 Å². The number of hydrogen-bond acceptors (Lipinski definition) is 3. The number of anilines is 1. The molecule has 2 heterocycles. The number of rotatable bonds is 2. The molecule has 0 spiro atoms. The molecule has 2 aromatic heterocycles. The number of fused-ring (bicyclic) bond motifs is 1. The number of nitrogen functional groups attached to an aromatic ring is 1. The van der Waals surface area contributed by atoms with Gasteiger partial charge in [0.2, 0.25) is 0 Å². The normalized spacial score (nSPS) is 11.1. The lowest BCUT2D eigenvalue weighted by Gasteiger charge is -2.07. The van der Waals surface area contributed by atoms with Crippen molar-refractivity contribution in [1.29, 1.82) is 0 Å². The summed E-state index contributed by atoms with van der Waals surface area (Å²) in [5.74, 6) is 0.476. The van der Waals surface area contributed by atoms with Crippen molar-refractivity contribution in [3.05, 3.63) is 48.3 Å². The van der Waals surface area contributed by atoms with Crippen molar-refractivity contribution in [2.45, 2.75) is 6.92 Å². The van der Waals surface area contributed by atoms with E-state index in [1.54, 1.807) is 12.3 Å². The Hall–Kier alpha value is -2.16. The summed E-state index contributed by atoms with van der Waals surface area (Å²) in [5.41, 5.74) is 8.52. The molecule has 80 valence electrons. The third kappa shape index (κ3) is 1.67. The van der Waals surface area contributed by atoms with Crippen LogP contribution in [0, 0.1) is 6.92 Å². The maximum absolute atomic E-state index is 5.84. The van der Waals surface area contributed by atoms with E-state index >= 15 is 0 Å². The molecular weight excluding hydrogens is 198 g/mol. The summed E-state index contributed by atoms with van der Waals surface area (Å²) in [6.07, 6.45) is 7.31. The van der Waals surface area contributed by atoms with E-state index in [1.165, 1.54) is 0 Å². The molecule has 3 nitrogen and oxygen atoms in total. The summed E-state index contributed by atoms with van der Waals surface area (Å²) in [6, 6.07) is 3.89. The van der Waals surface area contributed by atoms with Crippen LogP contribution in [0.25, 0.3) is 17.0 Å². The summed E-state index contributed by atoms with van der Waals surface area (Å²) in [5, 5.41) is 1.02. The third-order valence-electron chi connectivity index (χ3n) is 2.42. The maximum Gasteiger partial charge on any atom is 0.150 e. The average molecular weight is 211 g/mol. The van der Waals surface area contributed by atoms with Crippen molar-refractivity contribution in [3.8, 4) is 0 Å². The first-order valence-corrected chi connectivity index (χ1v) is 5.04. The number of nitrogens with zero attached hydrogens (tertiary/aromatic N) is 2. The topological polar surface area (TPSA) is 51.8 Å². The Bertz CT molecular complexity index is 571. The lowest BCUT2D eigenvalue weighted by molar-refractivity contribution is 1.21. The van der Waals surface area contributed by atoms with Crippen LogP contribution in [0.2, 0.25) is 0 Å². The molecule has 16 heavy (non-hydrogen) atoms. The molecule has 0 aliphatic rings. The Morgan fingerprint density at radius 3 is 3.00 bits per heavy atom. The zero-order valence-corrected chi connectivity index (χ0v) is 9.14. The van der Waals surface area contributed by atoms with E-state index in [9.17, 15) is 0 Å². The van der Waals surface area contributed by atoms with Gasteiger partial charge in [0, 0.05) is 22.8 Å². The first-order valence-electron chi connectivity index (χ1n) is 5.04. The molecule has 0 aliphatic carbocycles. The van der Waals surface area contributed by atoms with E-state index < -0.39 is 0 Å². The molecular formula is C13H13N3. The van der Waals surface area contributed by atoms with E-state index in [2.05, 4.69) is 16.5 Å². The van der Waals surface area contributed by atoms with Gasteiger partial charge in [0.1, 0.15) is 11.3 Å². The molecule has 0 aliphatic heterocycles. The van der Waals surface area contributed by atoms with Crippen LogP contribution in [0.3, 0.4) is 0 Å². The monoisotopic (exact) mass is 211 g/mol. The number of aryl methyl sites for hydroxylation is 1. The fourth-order valence-corrected chi connectivity index (χ4v) is 1.69. The molecule has 0 aromatic carbocycles. The molecule has 0 unspecified atom stereocenters. The van der Waals surface area contributed by atoms with Gasteiger partial charge < -0.3 is 5.73 Å². The number of hydrogen-bond donors (Lipinski definition) is 1. The molecule has 3 heteroatoms. The van der Waals surface area contributed by atoms with Gasteiger partial charge in [0.15, 0.2) is 0 Å². The first-order chi connectivity index (χ1) is 7.74. The summed E-state index contributed by atoms with van der Waals surface area (Å²) >= 11 is 0. The lowest BCUT2D eigenvalue weighted by atomic mass is 10.1. The van der Waals surface area contributed by atoms with Crippen LogP contribution < -0.4 is 5.73 Å². The molecule has 0 radical (unpaired) electrons. The van der Waals surface area contributed by atoms with Crippen LogP contribution in [-0.2, 0) is 0 Å². The van der Waals surface area contributed by atoms with E-state index in [0.717, 1.165) is 22.2 Å². The summed E-state index contributed by atoms with van der Waals surface area (Å²) < 4.78 is 0. The Labute approximate surface area is 94.3 Å². The molecule has 0 bridgehead atoms. The van der Waals surface area contributed by atoms with Gasteiger partial charge in [-0.15, -0.1) is 0 Å². The van der Waals surface area contributed by atoms with Gasteiger partial charge in [-0.05, 0) is 13.0 Å². The van der Waals surface area contributed by atoms with Crippen molar-refractivity contribution in [3.63, 3.8) is 0 Å². The second-order valence-electron chi connectivity index (χ2n) is 3.49. The zero-order valence-electron chi connectivity index (χ0n) is 9.14. The van der Waals surface area contributed by atoms with Crippen molar-refractivity contribution in [2.75, 3.05) is 5.73 Å². The highest BCUT2D eigenvalue weighted by atomic mass is 14.9. The lowest BCUT2D eigenvalue weighted by Crippen LogP contribution is -1.98. The maximum atomic E-state index is 5.84. The van der Waals surface area contributed by atoms with E-state index in [-0.39, 0.29) is 0 Å². The molecule has 0 atom stereocenters. The van der Waals surface area contributed by atoms with Crippen molar-refractivity contribution in [1.82, 2.24) is 9.97 Å². The standard InChI is InChI=1S/C13H13N3/c1-3-4-6-10-9(2)16-13(14)12-11(10)7-5-8-15-12/h3-8H,1H2,2H3,(H2,14,16). The van der Waals surface area contributed by atoms with Gasteiger partial charge in [0.05, 0.1) is 0 Å². The van der Waals surface area contributed by atoms with Crippen LogP contribution in [0.4, 0.5) is 5.82 Å².